The molecule has 9 nitrogen and oxygen atoms in total. The monoisotopic (exact) mass is 392 g/mol. The summed E-state index contributed by atoms with van der Waals surface area (Å²) in [5, 5.41) is 16.5. The molecule has 2 atom stereocenters. The topological polar surface area (TPSA) is 151 Å². The van der Waals surface area contributed by atoms with E-state index in [-0.39, 0.29) is 12.6 Å². The first-order valence-electron chi connectivity index (χ1n) is 8.90. The standard InChI is InChI=1S/C19H28N4O5/c1-12(22-16(25)10-21-11-24)17(26)23-15-6-4-13(5-7-15)8-14(20)9-19(2,3)18(27)28/h4-7,11-12,14H,8-10,20H2,1-3H3,(H,21,24)(H,22,25)(H,23,26)(H,27,28). The van der Waals surface area contributed by atoms with Crippen molar-refractivity contribution in [1.82, 2.24) is 10.6 Å². The molecule has 2 unspecified atom stereocenters. The molecule has 1 aromatic carbocycles. The van der Waals surface area contributed by atoms with Crippen LogP contribution in [0.15, 0.2) is 24.3 Å². The van der Waals surface area contributed by atoms with Gasteiger partial charge in [0.1, 0.15) is 6.04 Å². The molecule has 0 aliphatic carbocycles. The number of hydrogen-bond acceptors (Lipinski definition) is 5. The highest BCUT2D eigenvalue weighted by Crippen LogP contribution is 2.23. The minimum Gasteiger partial charge on any atom is -0.481 e. The fourth-order valence-corrected chi connectivity index (χ4v) is 2.58. The number of aliphatic carboxylic acids is 1. The lowest BCUT2D eigenvalue weighted by atomic mass is 9.84. The molecule has 3 amide bonds. The van der Waals surface area contributed by atoms with Gasteiger partial charge in [0.25, 0.3) is 0 Å². The van der Waals surface area contributed by atoms with Gasteiger partial charge in [0.05, 0.1) is 12.0 Å². The van der Waals surface area contributed by atoms with Crippen LogP contribution in [0.25, 0.3) is 0 Å². The van der Waals surface area contributed by atoms with Crippen LogP contribution < -0.4 is 21.7 Å². The Hall–Kier alpha value is -2.94. The fraction of sp³-hybridized carbons (Fsp3) is 0.474. The number of anilines is 1. The molecule has 9 heteroatoms. The SMILES string of the molecule is CC(NC(=O)CNC=O)C(=O)Nc1ccc(CC(N)CC(C)(C)C(=O)O)cc1. The largest absolute Gasteiger partial charge is 0.481 e. The van der Waals surface area contributed by atoms with Gasteiger partial charge in [-0.25, -0.2) is 0 Å². The van der Waals surface area contributed by atoms with E-state index in [0.717, 1.165) is 5.56 Å². The first-order valence-corrected chi connectivity index (χ1v) is 8.90. The number of carbonyl (C=O) groups excluding carboxylic acids is 3. The van der Waals surface area contributed by atoms with Crippen molar-refractivity contribution in [3.63, 3.8) is 0 Å². The van der Waals surface area contributed by atoms with E-state index in [1.165, 1.54) is 6.92 Å². The maximum absolute atomic E-state index is 12.1. The van der Waals surface area contributed by atoms with E-state index in [1.54, 1.807) is 38.1 Å². The average Bonchev–Trinajstić information content (AvgIpc) is 2.60. The van der Waals surface area contributed by atoms with Crippen molar-refractivity contribution in [2.45, 2.75) is 45.7 Å². The normalized spacial score (nSPS) is 13.1. The Bertz CT molecular complexity index is 703. The molecule has 0 aliphatic rings. The van der Waals surface area contributed by atoms with Gasteiger partial charge in [0.15, 0.2) is 0 Å². The number of carboxylic acid groups (broad SMARTS) is 1. The lowest BCUT2D eigenvalue weighted by Gasteiger charge is -2.23. The Balaban J connectivity index is 2.55. The third-order valence-electron chi connectivity index (χ3n) is 4.19. The number of benzene rings is 1. The van der Waals surface area contributed by atoms with E-state index in [0.29, 0.717) is 24.9 Å². The number of carboxylic acids is 1. The van der Waals surface area contributed by atoms with Crippen LogP contribution in [0, 0.1) is 5.41 Å². The van der Waals surface area contributed by atoms with Gasteiger partial charge in [-0.1, -0.05) is 12.1 Å². The molecule has 0 heterocycles. The van der Waals surface area contributed by atoms with Gasteiger partial charge in [-0.2, -0.15) is 0 Å². The van der Waals surface area contributed by atoms with E-state index in [9.17, 15) is 24.3 Å². The summed E-state index contributed by atoms with van der Waals surface area (Å²) in [4.78, 5) is 45.0. The highest BCUT2D eigenvalue weighted by atomic mass is 16.4. The summed E-state index contributed by atoms with van der Waals surface area (Å²) in [7, 11) is 0. The van der Waals surface area contributed by atoms with Crippen LogP contribution in [-0.2, 0) is 25.6 Å². The van der Waals surface area contributed by atoms with E-state index in [4.69, 9.17) is 5.73 Å². The maximum Gasteiger partial charge on any atom is 0.309 e. The van der Waals surface area contributed by atoms with Crippen LogP contribution in [0.5, 0.6) is 0 Å². The van der Waals surface area contributed by atoms with Gasteiger partial charge < -0.3 is 26.8 Å². The van der Waals surface area contributed by atoms with Crippen LogP contribution in [0.4, 0.5) is 5.69 Å². The third-order valence-corrected chi connectivity index (χ3v) is 4.19. The van der Waals surface area contributed by atoms with Crippen molar-refractivity contribution in [2.75, 3.05) is 11.9 Å². The van der Waals surface area contributed by atoms with Gasteiger partial charge in [-0.3, -0.25) is 19.2 Å². The van der Waals surface area contributed by atoms with Crippen molar-refractivity contribution in [1.29, 1.82) is 0 Å². The first-order chi connectivity index (χ1) is 13.0. The van der Waals surface area contributed by atoms with E-state index in [2.05, 4.69) is 16.0 Å². The number of amides is 3. The van der Waals surface area contributed by atoms with Crippen LogP contribution in [0.2, 0.25) is 0 Å². The molecule has 0 fully saturated rings. The minimum atomic E-state index is -0.894. The van der Waals surface area contributed by atoms with Crippen molar-refractivity contribution in [3.05, 3.63) is 29.8 Å². The third kappa shape index (κ3) is 7.75. The highest BCUT2D eigenvalue weighted by molar-refractivity contribution is 5.97. The summed E-state index contributed by atoms with van der Waals surface area (Å²) in [5.74, 6) is -1.75. The van der Waals surface area contributed by atoms with Gasteiger partial charge in [0.2, 0.25) is 18.2 Å². The quantitative estimate of drug-likeness (QED) is 0.341. The Labute approximate surface area is 164 Å². The van der Waals surface area contributed by atoms with E-state index < -0.39 is 29.2 Å². The number of hydrogen-bond donors (Lipinski definition) is 5. The minimum absolute atomic E-state index is 0.200. The molecule has 0 aliphatic heterocycles. The molecule has 0 saturated heterocycles. The van der Waals surface area contributed by atoms with Gasteiger partial charge in [0, 0.05) is 11.7 Å². The number of rotatable bonds is 11. The molecular formula is C19H28N4O5. The van der Waals surface area contributed by atoms with Crippen LogP contribution >= 0.6 is 0 Å². The van der Waals surface area contributed by atoms with Gasteiger partial charge >= 0.3 is 5.97 Å². The van der Waals surface area contributed by atoms with Crippen molar-refractivity contribution >= 4 is 29.9 Å². The Morgan fingerprint density at radius 1 is 1.21 bits per heavy atom. The smallest absolute Gasteiger partial charge is 0.309 e. The van der Waals surface area contributed by atoms with Gasteiger partial charge in [-0.05, 0) is 51.3 Å². The van der Waals surface area contributed by atoms with E-state index >= 15 is 0 Å². The van der Waals surface area contributed by atoms with Crippen LogP contribution in [0.1, 0.15) is 32.8 Å². The Morgan fingerprint density at radius 2 is 1.82 bits per heavy atom. The Morgan fingerprint density at radius 3 is 2.36 bits per heavy atom. The molecule has 154 valence electrons. The molecule has 0 aromatic heterocycles. The molecule has 28 heavy (non-hydrogen) atoms. The predicted molar refractivity (Wildman–Crippen MR) is 104 cm³/mol. The zero-order valence-electron chi connectivity index (χ0n) is 16.3. The number of nitrogens with two attached hydrogens (primary N) is 1. The lowest BCUT2D eigenvalue weighted by molar-refractivity contribution is -0.147. The van der Waals surface area contributed by atoms with E-state index in [1.807, 2.05) is 0 Å². The molecule has 0 radical (unpaired) electrons. The van der Waals surface area contributed by atoms with Crippen LogP contribution in [0.3, 0.4) is 0 Å². The summed E-state index contributed by atoms with van der Waals surface area (Å²) in [5.41, 5.74) is 6.66. The maximum atomic E-state index is 12.1. The van der Waals surface area contributed by atoms with Crippen molar-refractivity contribution < 1.29 is 24.3 Å². The second-order valence-electron chi connectivity index (χ2n) is 7.33. The lowest BCUT2D eigenvalue weighted by Crippen LogP contribution is -2.44. The summed E-state index contributed by atoms with van der Waals surface area (Å²) >= 11 is 0. The number of nitrogens with one attached hydrogen (secondary N) is 3. The molecule has 0 saturated carbocycles. The molecule has 1 rings (SSSR count). The zero-order chi connectivity index (χ0) is 21.3. The second kappa shape index (κ2) is 10.4. The predicted octanol–water partition coefficient (Wildman–Crippen LogP) is 0.247. The Kier molecular flexibility index (Phi) is 8.59. The first kappa shape index (κ1) is 23.1. The average molecular weight is 392 g/mol. The summed E-state index contributed by atoms with van der Waals surface area (Å²) in [6, 6.07) is 5.96. The van der Waals surface area contributed by atoms with Gasteiger partial charge in [-0.15, -0.1) is 0 Å². The zero-order valence-corrected chi connectivity index (χ0v) is 16.3. The summed E-state index contributed by atoms with van der Waals surface area (Å²) in [6.07, 6.45) is 1.26. The van der Waals surface area contributed by atoms with Crippen molar-refractivity contribution in [2.24, 2.45) is 11.1 Å². The molecule has 0 bridgehead atoms. The second-order valence-corrected chi connectivity index (χ2v) is 7.33. The van der Waals surface area contributed by atoms with Crippen molar-refractivity contribution in [3.8, 4) is 0 Å². The fourth-order valence-electron chi connectivity index (χ4n) is 2.58. The summed E-state index contributed by atoms with van der Waals surface area (Å²) < 4.78 is 0. The molecular weight excluding hydrogens is 364 g/mol. The molecule has 1 aromatic rings. The van der Waals surface area contributed by atoms with Crippen LogP contribution in [-0.4, -0.2) is 47.9 Å². The molecule has 6 N–H and O–H groups in total. The molecule has 0 spiro atoms. The number of carbonyl (C=O) groups is 4. The summed E-state index contributed by atoms with van der Waals surface area (Å²) in [6.45, 7) is 4.62. The highest BCUT2D eigenvalue weighted by Gasteiger charge is 2.29.